The number of ether oxygens (including phenoxy) is 1. The van der Waals surface area contributed by atoms with E-state index < -0.39 is 35.0 Å². The standard InChI is InChI=1S/C9H8BrFO5/c1-16-9(15)8(14)5-3(10)2-4(12)7(13)6(5)11/h2,8,12-14H,1H3. The number of methoxy groups -OCH3 is 1. The third kappa shape index (κ3) is 2.10. The lowest BCUT2D eigenvalue weighted by atomic mass is 10.1. The van der Waals surface area contributed by atoms with E-state index in [-0.39, 0.29) is 4.47 Å². The second kappa shape index (κ2) is 4.67. The van der Waals surface area contributed by atoms with Crippen LogP contribution in [-0.4, -0.2) is 28.4 Å². The van der Waals surface area contributed by atoms with Gasteiger partial charge in [0.25, 0.3) is 0 Å². The summed E-state index contributed by atoms with van der Waals surface area (Å²) in [5, 5.41) is 27.6. The molecule has 0 bridgehead atoms. The van der Waals surface area contributed by atoms with Crippen LogP contribution in [0.25, 0.3) is 0 Å². The number of aliphatic hydroxyl groups is 1. The molecule has 0 fully saturated rings. The van der Waals surface area contributed by atoms with Gasteiger partial charge in [0.2, 0.25) is 0 Å². The first-order valence-corrected chi connectivity index (χ1v) is 4.85. The third-order valence-corrected chi connectivity index (χ3v) is 2.56. The second-order valence-electron chi connectivity index (χ2n) is 2.88. The van der Waals surface area contributed by atoms with Crippen LogP contribution in [0.5, 0.6) is 11.5 Å². The number of carbonyl (C=O) groups is 1. The summed E-state index contributed by atoms with van der Waals surface area (Å²) in [5.41, 5.74) is -0.498. The molecular weight excluding hydrogens is 287 g/mol. The fraction of sp³-hybridized carbons (Fsp3) is 0.222. The molecule has 16 heavy (non-hydrogen) atoms. The maximum atomic E-state index is 13.5. The zero-order chi connectivity index (χ0) is 12.5. The maximum Gasteiger partial charge on any atom is 0.339 e. The molecule has 0 radical (unpaired) electrons. The first kappa shape index (κ1) is 12.7. The van der Waals surface area contributed by atoms with Gasteiger partial charge < -0.3 is 20.1 Å². The number of esters is 1. The van der Waals surface area contributed by atoms with Crippen molar-refractivity contribution in [1.82, 2.24) is 0 Å². The number of phenolic OH excluding ortho intramolecular Hbond substituents is 2. The Kier molecular flexibility index (Phi) is 3.71. The summed E-state index contributed by atoms with van der Waals surface area (Å²) in [6.45, 7) is 0. The van der Waals surface area contributed by atoms with Gasteiger partial charge >= 0.3 is 5.97 Å². The molecule has 7 heteroatoms. The highest BCUT2D eigenvalue weighted by Gasteiger charge is 2.27. The molecule has 0 aliphatic carbocycles. The average Bonchev–Trinajstić information content (AvgIpc) is 2.24. The largest absolute Gasteiger partial charge is 0.504 e. The van der Waals surface area contributed by atoms with Gasteiger partial charge in [0.15, 0.2) is 23.4 Å². The molecule has 5 nitrogen and oxygen atoms in total. The zero-order valence-electron chi connectivity index (χ0n) is 8.07. The summed E-state index contributed by atoms with van der Waals surface area (Å²) in [5.74, 6) is -4.11. The smallest absolute Gasteiger partial charge is 0.339 e. The van der Waals surface area contributed by atoms with Crippen molar-refractivity contribution >= 4 is 21.9 Å². The van der Waals surface area contributed by atoms with Gasteiger partial charge in [0, 0.05) is 10.0 Å². The Morgan fingerprint density at radius 2 is 2.12 bits per heavy atom. The summed E-state index contributed by atoms with van der Waals surface area (Å²) in [4.78, 5) is 11.0. The van der Waals surface area contributed by atoms with Gasteiger partial charge in [-0.1, -0.05) is 15.9 Å². The van der Waals surface area contributed by atoms with Gasteiger partial charge in [-0.05, 0) is 6.07 Å². The number of hydrogen-bond donors (Lipinski definition) is 3. The Hall–Kier alpha value is -1.34. The van der Waals surface area contributed by atoms with Crippen molar-refractivity contribution in [3.63, 3.8) is 0 Å². The Bertz CT molecular complexity index is 434. The van der Waals surface area contributed by atoms with E-state index in [2.05, 4.69) is 20.7 Å². The topological polar surface area (TPSA) is 87.0 Å². The molecule has 1 unspecified atom stereocenters. The Morgan fingerprint density at radius 1 is 1.56 bits per heavy atom. The number of hydrogen-bond acceptors (Lipinski definition) is 5. The van der Waals surface area contributed by atoms with E-state index in [4.69, 9.17) is 10.2 Å². The molecule has 1 atom stereocenters. The Balaban J connectivity index is 3.34. The second-order valence-corrected chi connectivity index (χ2v) is 3.73. The van der Waals surface area contributed by atoms with Crippen LogP contribution in [0.4, 0.5) is 4.39 Å². The number of aromatic hydroxyl groups is 2. The summed E-state index contributed by atoms with van der Waals surface area (Å²) >= 11 is 2.85. The molecule has 1 aromatic carbocycles. The molecule has 1 aromatic rings. The van der Waals surface area contributed by atoms with Crippen LogP contribution in [0.2, 0.25) is 0 Å². The minimum absolute atomic E-state index is 0.0572. The highest BCUT2D eigenvalue weighted by Crippen LogP contribution is 2.38. The van der Waals surface area contributed by atoms with Crippen molar-refractivity contribution in [1.29, 1.82) is 0 Å². The number of rotatable bonds is 2. The van der Waals surface area contributed by atoms with E-state index in [1.165, 1.54) is 0 Å². The molecule has 3 N–H and O–H groups in total. The lowest BCUT2D eigenvalue weighted by Gasteiger charge is -2.13. The van der Waals surface area contributed by atoms with E-state index >= 15 is 0 Å². The molecule has 0 aromatic heterocycles. The van der Waals surface area contributed by atoms with Crippen LogP contribution >= 0.6 is 15.9 Å². The van der Waals surface area contributed by atoms with Crippen molar-refractivity contribution < 1.29 is 29.2 Å². The number of phenols is 2. The minimum Gasteiger partial charge on any atom is -0.504 e. The molecule has 0 amide bonds. The molecule has 0 saturated carbocycles. The lowest BCUT2D eigenvalue weighted by Crippen LogP contribution is -2.15. The quantitative estimate of drug-likeness (QED) is 0.564. The fourth-order valence-corrected chi connectivity index (χ4v) is 1.70. The first-order valence-electron chi connectivity index (χ1n) is 4.05. The fourth-order valence-electron chi connectivity index (χ4n) is 1.09. The average molecular weight is 295 g/mol. The summed E-state index contributed by atoms with van der Waals surface area (Å²) in [7, 11) is 1.03. The number of halogens is 2. The zero-order valence-corrected chi connectivity index (χ0v) is 9.65. The van der Waals surface area contributed by atoms with Gasteiger partial charge in [-0.15, -0.1) is 0 Å². The van der Waals surface area contributed by atoms with Crippen LogP contribution in [0.15, 0.2) is 10.5 Å². The number of carbonyl (C=O) groups excluding carboxylic acids is 1. The molecule has 88 valence electrons. The maximum absolute atomic E-state index is 13.5. The minimum atomic E-state index is -1.88. The predicted octanol–water partition coefficient (Wildman–Crippen LogP) is 1.21. The van der Waals surface area contributed by atoms with E-state index in [0.717, 1.165) is 13.2 Å². The van der Waals surface area contributed by atoms with Gasteiger partial charge in [-0.3, -0.25) is 0 Å². The first-order chi connectivity index (χ1) is 7.40. The van der Waals surface area contributed by atoms with E-state index in [1.807, 2.05) is 0 Å². The van der Waals surface area contributed by atoms with Crippen LogP contribution in [0.1, 0.15) is 11.7 Å². The van der Waals surface area contributed by atoms with Gasteiger partial charge in [0.1, 0.15) is 0 Å². The van der Waals surface area contributed by atoms with E-state index in [0.29, 0.717) is 0 Å². The monoisotopic (exact) mass is 294 g/mol. The molecule has 0 aliphatic heterocycles. The van der Waals surface area contributed by atoms with E-state index in [1.54, 1.807) is 0 Å². The summed E-state index contributed by atoms with van der Waals surface area (Å²) in [6, 6.07) is 0.958. The molecule has 1 rings (SSSR count). The van der Waals surface area contributed by atoms with Crippen LogP contribution in [0.3, 0.4) is 0 Å². The molecule has 0 heterocycles. The molecule has 0 spiro atoms. The molecular formula is C9H8BrFO5. The normalized spacial score (nSPS) is 12.2. The van der Waals surface area contributed by atoms with Crippen molar-refractivity contribution in [2.75, 3.05) is 7.11 Å². The van der Waals surface area contributed by atoms with E-state index in [9.17, 15) is 14.3 Å². The number of benzene rings is 1. The van der Waals surface area contributed by atoms with Crippen LogP contribution in [0, 0.1) is 5.82 Å². The van der Waals surface area contributed by atoms with Crippen molar-refractivity contribution in [3.05, 3.63) is 21.9 Å². The highest BCUT2D eigenvalue weighted by molar-refractivity contribution is 9.10. The highest BCUT2D eigenvalue weighted by atomic mass is 79.9. The van der Waals surface area contributed by atoms with Gasteiger partial charge in [-0.25, -0.2) is 9.18 Å². The SMILES string of the molecule is COC(=O)C(O)c1c(Br)cc(O)c(O)c1F. The van der Waals surface area contributed by atoms with Crippen molar-refractivity contribution in [2.24, 2.45) is 0 Å². The molecule has 0 aliphatic rings. The Labute approximate surface area is 98.2 Å². The van der Waals surface area contributed by atoms with Crippen molar-refractivity contribution in [2.45, 2.75) is 6.10 Å². The van der Waals surface area contributed by atoms with Crippen LogP contribution < -0.4 is 0 Å². The summed E-state index contributed by atoms with van der Waals surface area (Å²) < 4.78 is 17.6. The van der Waals surface area contributed by atoms with Crippen LogP contribution in [-0.2, 0) is 9.53 Å². The Morgan fingerprint density at radius 3 is 2.62 bits per heavy atom. The lowest BCUT2D eigenvalue weighted by molar-refractivity contribution is -0.150. The van der Waals surface area contributed by atoms with Crippen molar-refractivity contribution in [3.8, 4) is 11.5 Å². The predicted molar refractivity (Wildman–Crippen MR) is 54.4 cm³/mol. The van der Waals surface area contributed by atoms with Gasteiger partial charge in [-0.2, -0.15) is 0 Å². The molecule has 0 saturated heterocycles. The number of aliphatic hydroxyl groups excluding tert-OH is 1. The summed E-state index contributed by atoms with van der Waals surface area (Å²) in [6.07, 6.45) is -1.88. The third-order valence-electron chi connectivity index (χ3n) is 1.91. The van der Waals surface area contributed by atoms with Gasteiger partial charge in [0.05, 0.1) is 7.11 Å².